The van der Waals surface area contributed by atoms with Crippen molar-refractivity contribution in [2.75, 3.05) is 21.9 Å². The highest BCUT2D eigenvalue weighted by Crippen LogP contribution is 2.29. The predicted octanol–water partition coefficient (Wildman–Crippen LogP) is 3.85. The second-order valence-corrected chi connectivity index (χ2v) is 6.15. The van der Waals surface area contributed by atoms with Crippen molar-refractivity contribution in [2.45, 2.75) is 6.42 Å². The van der Waals surface area contributed by atoms with Crippen LogP contribution in [0.25, 0.3) is 0 Å². The second kappa shape index (κ2) is 6.37. The third kappa shape index (κ3) is 3.31. The van der Waals surface area contributed by atoms with Crippen LogP contribution in [0.1, 0.15) is 16.8 Å². The molecule has 1 aliphatic heterocycles. The lowest BCUT2D eigenvalue weighted by Gasteiger charge is -2.16. The predicted molar refractivity (Wildman–Crippen MR) is 88.1 cm³/mol. The van der Waals surface area contributed by atoms with Crippen LogP contribution in [0.4, 0.5) is 11.5 Å². The number of nitrogens with zero attached hydrogens (tertiary/aromatic N) is 2. The van der Waals surface area contributed by atoms with Gasteiger partial charge in [-0.2, -0.15) is 0 Å². The van der Waals surface area contributed by atoms with Crippen LogP contribution >= 0.6 is 23.5 Å². The molecule has 0 aliphatic carbocycles. The molecule has 1 aromatic heterocycles. The maximum atomic E-state index is 12.4. The van der Waals surface area contributed by atoms with Crippen molar-refractivity contribution in [1.29, 1.82) is 0 Å². The molecule has 1 amide bonds. The van der Waals surface area contributed by atoms with E-state index in [1.807, 2.05) is 30.3 Å². The van der Waals surface area contributed by atoms with Crippen molar-refractivity contribution in [3.05, 3.63) is 53.2 Å². The Morgan fingerprint density at radius 2 is 2.14 bits per heavy atom. The van der Waals surface area contributed by atoms with Gasteiger partial charge in [-0.3, -0.25) is 4.79 Å². The van der Waals surface area contributed by atoms with Gasteiger partial charge in [-0.15, -0.1) is 0 Å². The van der Waals surface area contributed by atoms with E-state index in [0.29, 0.717) is 10.6 Å². The molecule has 3 rings (SSSR count). The molecule has 1 aliphatic rings. The molecule has 108 valence electrons. The van der Waals surface area contributed by atoms with Gasteiger partial charge in [0.1, 0.15) is 5.82 Å². The zero-order valence-corrected chi connectivity index (χ0v) is 12.8. The first-order valence-corrected chi connectivity index (χ1v) is 7.98. The number of carbonyl (C=O) groups excluding carboxylic acids is 1. The van der Waals surface area contributed by atoms with Gasteiger partial charge in [-0.25, -0.2) is 4.98 Å². The van der Waals surface area contributed by atoms with Gasteiger partial charge in [0.15, 0.2) is 0 Å². The fourth-order valence-electron chi connectivity index (χ4n) is 2.09. The summed E-state index contributed by atoms with van der Waals surface area (Å²) in [6, 6.07) is 11.1. The maximum absolute atomic E-state index is 12.4. The van der Waals surface area contributed by atoms with E-state index in [1.165, 1.54) is 6.20 Å². The molecule has 6 heteroatoms. The molecule has 1 aromatic carbocycles. The Morgan fingerprint density at radius 1 is 1.33 bits per heavy atom. The summed E-state index contributed by atoms with van der Waals surface area (Å²) in [6.07, 6.45) is 2.66. The molecular formula is C15H14ClN3OS. The molecular weight excluding hydrogens is 306 g/mol. The number of hydrogen-bond acceptors (Lipinski definition) is 4. The lowest BCUT2D eigenvalue weighted by Crippen LogP contribution is -2.15. The topological polar surface area (TPSA) is 45.2 Å². The minimum atomic E-state index is -0.223. The number of benzene rings is 1. The Kier molecular flexibility index (Phi) is 4.31. The summed E-state index contributed by atoms with van der Waals surface area (Å²) in [6.45, 7) is 0.943. The lowest BCUT2D eigenvalue weighted by atomic mass is 10.2. The number of para-hydroxylation sites is 1. The van der Waals surface area contributed by atoms with Crippen LogP contribution in [0.5, 0.6) is 0 Å². The van der Waals surface area contributed by atoms with Crippen LogP contribution in [0.3, 0.4) is 0 Å². The van der Waals surface area contributed by atoms with Crippen molar-refractivity contribution in [1.82, 2.24) is 4.98 Å². The van der Waals surface area contributed by atoms with Gasteiger partial charge in [-0.1, -0.05) is 29.8 Å². The average Bonchev–Trinajstić information content (AvgIpc) is 3.03. The van der Waals surface area contributed by atoms with E-state index in [9.17, 15) is 4.79 Å². The van der Waals surface area contributed by atoms with Gasteiger partial charge in [0, 0.05) is 24.2 Å². The molecule has 1 saturated heterocycles. The fourth-order valence-corrected chi connectivity index (χ4v) is 3.24. The number of hydrogen-bond donors (Lipinski definition) is 1. The van der Waals surface area contributed by atoms with Gasteiger partial charge in [-0.05, 0) is 36.6 Å². The average molecular weight is 320 g/mol. The molecule has 1 N–H and O–H groups in total. The fraction of sp³-hybridized carbons (Fsp3) is 0.200. The standard InChI is InChI=1S/C15H14ClN3OS/c16-13-10-17-14(19-7-4-8-21-19)9-12(13)15(20)18-11-5-2-1-3-6-11/h1-3,5-6,9-10H,4,7-8H2,(H,18,20). The number of carbonyl (C=O) groups is 1. The molecule has 2 heterocycles. The quantitative estimate of drug-likeness (QED) is 0.873. The maximum Gasteiger partial charge on any atom is 0.257 e. The van der Waals surface area contributed by atoms with Crippen molar-refractivity contribution < 1.29 is 4.79 Å². The first-order valence-electron chi connectivity index (χ1n) is 6.66. The van der Waals surface area contributed by atoms with Crippen molar-refractivity contribution in [3.63, 3.8) is 0 Å². The summed E-state index contributed by atoms with van der Waals surface area (Å²) >= 11 is 7.84. The third-order valence-electron chi connectivity index (χ3n) is 3.13. The van der Waals surface area contributed by atoms with E-state index in [2.05, 4.69) is 14.6 Å². The number of aromatic nitrogens is 1. The Hall–Kier alpha value is -1.72. The Balaban J connectivity index is 1.83. The van der Waals surface area contributed by atoms with Crippen molar-refractivity contribution in [3.8, 4) is 0 Å². The van der Waals surface area contributed by atoms with E-state index < -0.39 is 0 Å². The monoisotopic (exact) mass is 319 g/mol. The van der Waals surface area contributed by atoms with E-state index >= 15 is 0 Å². The molecule has 1 fully saturated rings. The number of halogens is 1. The number of rotatable bonds is 3. The van der Waals surface area contributed by atoms with Gasteiger partial charge in [0.25, 0.3) is 5.91 Å². The zero-order chi connectivity index (χ0) is 14.7. The zero-order valence-electron chi connectivity index (χ0n) is 11.3. The molecule has 0 radical (unpaired) electrons. The summed E-state index contributed by atoms with van der Waals surface area (Å²) in [4.78, 5) is 16.7. The molecule has 4 nitrogen and oxygen atoms in total. The highest BCUT2D eigenvalue weighted by Gasteiger charge is 2.18. The van der Waals surface area contributed by atoms with Crippen molar-refractivity contribution >= 4 is 41.0 Å². The summed E-state index contributed by atoms with van der Waals surface area (Å²) in [5.74, 6) is 1.63. The highest BCUT2D eigenvalue weighted by atomic mass is 35.5. The highest BCUT2D eigenvalue weighted by molar-refractivity contribution is 8.00. The Labute approximate surface area is 132 Å². The first-order chi connectivity index (χ1) is 10.2. The van der Waals surface area contributed by atoms with E-state index in [0.717, 1.165) is 30.2 Å². The molecule has 0 atom stereocenters. The van der Waals surface area contributed by atoms with Gasteiger partial charge < -0.3 is 9.62 Å². The minimum absolute atomic E-state index is 0.223. The number of amides is 1. The SMILES string of the molecule is O=C(Nc1ccccc1)c1cc(N2CCCS2)ncc1Cl. The molecule has 0 spiro atoms. The molecule has 0 saturated carbocycles. The normalized spacial score (nSPS) is 14.2. The van der Waals surface area contributed by atoms with Gasteiger partial charge in [0.05, 0.1) is 10.6 Å². The summed E-state index contributed by atoms with van der Waals surface area (Å²) < 4.78 is 2.09. The van der Waals surface area contributed by atoms with Crippen molar-refractivity contribution in [2.24, 2.45) is 0 Å². The van der Waals surface area contributed by atoms with Crippen LogP contribution in [0, 0.1) is 0 Å². The third-order valence-corrected chi connectivity index (χ3v) is 4.58. The number of pyridine rings is 1. The lowest BCUT2D eigenvalue weighted by molar-refractivity contribution is 0.102. The molecule has 0 unspecified atom stereocenters. The molecule has 0 bridgehead atoms. The van der Waals surface area contributed by atoms with Crippen LogP contribution in [0.2, 0.25) is 5.02 Å². The molecule has 2 aromatic rings. The van der Waals surface area contributed by atoms with Crippen LogP contribution in [-0.2, 0) is 0 Å². The molecule has 21 heavy (non-hydrogen) atoms. The van der Waals surface area contributed by atoms with Gasteiger partial charge >= 0.3 is 0 Å². The smallest absolute Gasteiger partial charge is 0.257 e. The summed E-state index contributed by atoms with van der Waals surface area (Å²) in [5.41, 5.74) is 1.19. The largest absolute Gasteiger partial charge is 0.322 e. The van der Waals surface area contributed by atoms with Crippen LogP contribution in [0.15, 0.2) is 42.6 Å². The van der Waals surface area contributed by atoms with Crippen LogP contribution in [-0.4, -0.2) is 23.2 Å². The Bertz CT molecular complexity index is 645. The second-order valence-electron chi connectivity index (χ2n) is 4.63. The van der Waals surface area contributed by atoms with E-state index in [-0.39, 0.29) is 5.91 Å². The van der Waals surface area contributed by atoms with E-state index in [1.54, 1.807) is 18.0 Å². The first kappa shape index (κ1) is 14.2. The van der Waals surface area contributed by atoms with Crippen LogP contribution < -0.4 is 9.62 Å². The minimum Gasteiger partial charge on any atom is -0.322 e. The van der Waals surface area contributed by atoms with Gasteiger partial charge in [0.2, 0.25) is 0 Å². The summed E-state index contributed by atoms with van der Waals surface area (Å²) in [7, 11) is 0. The Morgan fingerprint density at radius 3 is 2.86 bits per heavy atom. The number of anilines is 2. The summed E-state index contributed by atoms with van der Waals surface area (Å²) in [5, 5.41) is 3.20. The number of nitrogens with one attached hydrogen (secondary N) is 1. The van der Waals surface area contributed by atoms with E-state index in [4.69, 9.17) is 11.6 Å².